The van der Waals surface area contributed by atoms with Crippen LogP contribution in [0.25, 0.3) is 22.0 Å². The molecular weight excluding hydrogens is 392 g/mol. The maximum Gasteiger partial charge on any atom is 0.0991 e. The zero-order valence-electron chi connectivity index (χ0n) is 19.2. The lowest BCUT2D eigenvalue weighted by Crippen LogP contribution is -2.22. The molecule has 1 aliphatic rings. The molecule has 0 aliphatic heterocycles. The van der Waals surface area contributed by atoms with Gasteiger partial charge < -0.3 is 5.11 Å². The minimum absolute atomic E-state index is 0.464. The predicted molar refractivity (Wildman–Crippen MR) is 132 cm³/mol. The van der Waals surface area contributed by atoms with Gasteiger partial charge in [-0.1, -0.05) is 93.6 Å². The molecule has 0 amide bonds. The van der Waals surface area contributed by atoms with Gasteiger partial charge in [-0.3, -0.25) is 4.68 Å². The van der Waals surface area contributed by atoms with E-state index in [2.05, 4.69) is 74.0 Å². The van der Waals surface area contributed by atoms with Crippen LogP contribution in [0.15, 0.2) is 72.8 Å². The van der Waals surface area contributed by atoms with E-state index >= 15 is 0 Å². The van der Waals surface area contributed by atoms with E-state index in [1.54, 1.807) is 0 Å². The third-order valence-corrected chi connectivity index (χ3v) is 7.16. The van der Waals surface area contributed by atoms with Crippen molar-refractivity contribution >= 4 is 10.8 Å². The van der Waals surface area contributed by atoms with E-state index in [0.29, 0.717) is 24.3 Å². The maximum atomic E-state index is 11.4. The van der Waals surface area contributed by atoms with E-state index in [0.717, 1.165) is 22.0 Å². The Labute approximate surface area is 190 Å². The highest BCUT2D eigenvalue weighted by atomic mass is 16.3. The fourth-order valence-corrected chi connectivity index (χ4v) is 5.48. The van der Waals surface area contributed by atoms with Crippen molar-refractivity contribution in [3.8, 4) is 11.3 Å². The highest BCUT2D eigenvalue weighted by Crippen LogP contribution is 2.46. The summed E-state index contributed by atoms with van der Waals surface area (Å²) >= 11 is 0. The molecule has 0 unspecified atom stereocenters. The number of nitrogens with zero attached hydrogens (tertiary/aromatic N) is 2. The topological polar surface area (TPSA) is 38.0 Å². The predicted octanol–water partition coefficient (Wildman–Crippen LogP) is 7.07. The Hall–Kier alpha value is -2.91. The van der Waals surface area contributed by atoms with Gasteiger partial charge >= 0.3 is 0 Å². The lowest BCUT2D eigenvalue weighted by molar-refractivity contribution is 0.150. The van der Waals surface area contributed by atoms with Crippen LogP contribution in [-0.2, 0) is 6.54 Å². The first-order valence-corrected chi connectivity index (χ1v) is 11.9. The van der Waals surface area contributed by atoms with Gasteiger partial charge in [0.25, 0.3) is 0 Å². The molecule has 0 saturated heterocycles. The Bertz CT molecular complexity index is 1220. The highest BCUT2D eigenvalue weighted by Gasteiger charge is 2.34. The normalized spacial score (nSPS) is 19.3. The second kappa shape index (κ2) is 8.55. The lowest BCUT2D eigenvalue weighted by atomic mass is 9.75. The molecular formula is C29H32N2O. The second-order valence-corrected chi connectivity index (χ2v) is 9.61. The van der Waals surface area contributed by atoms with E-state index in [4.69, 9.17) is 5.10 Å². The van der Waals surface area contributed by atoms with Gasteiger partial charge in [0, 0.05) is 22.7 Å². The molecule has 3 nitrogen and oxygen atoms in total. The Kier molecular flexibility index (Phi) is 5.60. The molecule has 1 aromatic heterocycles. The summed E-state index contributed by atoms with van der Waals surface area (Å²) in [5.41, 5.74) is 5.93. The largest absolute Gasteiger partial charge is 0.386 e. The van der Waals surface area contributed by atoms with E-state index < -0.39 is 6.10 Å². The molecule has 32 heavy (non-hydrogen) atoms. The quantitative estimate of drug-likeness (QED) is 0.372. The van der Waals surface area contributed by atoms with Crippen molar-refractivity contribution in [1.82, 2.24) is 9.78 Å². The number of aliphatic hydroxyl groups is 1. The number of hydrogen-bond donors (Lipinski definition) is 1. The smallest absolute Gasteiger partial charge is 0.0991 e. The third-order valence-electron chi connectivity index (χ3n) is 7.16. The molecule has 0 fully saturated rings. The first-order valence-electron chi connectivity index (χ1n) is 11.9. The molecule has 3 heteroatoms. The number of fused-ring (bicyclic) bond motifs is 2. The van der Waals surface area contributed by atoms with Crippen LogP contribution >= 0.6 is 0 Å². The van der Waals surface area contributed by atoms with Gasteiger partial charge in [-0.2, -0.15) is 5.10 Å². The molecule has 5 rings (SSSR count). The van der Waals surface area contributed by atoms with Crippen LogP contribution in [-0.4, -0.2) is 14.9 Å². The average Bonchev–Trinajstić information content (AvgIpc) is 3.19. The molecule has 0 saturated carbocycles. The molecule has 0 spiro atoms. The molecule has 1 heterocycles. The minimum Gasteiger partial charge on any atom is -0.386 e. The van der Waals surface area contributed by atoms with Crippen LogP contribution in [0.5, 0.6) is 0 Å². The maximum absolute atomic E-state index is 11.4. The average molecular weight is 425 g/mol. The van der Waals surface area contributed by atoms with Gasteiger partial charge in [0.2, 0.25) is 0 Å². The van der Waals surface area contributed by atoms with E-state index in [9.17, 15) is 5.11 Å². The van der Waals surface area contributed by atoms with Crippen LogP contribution in [0.2, 0.25) is 0 Å². The lowest BCUT2D eigenvalue weighted by Gasteiger charge is -2.31. The molecule has 1 aliphatic carbocycles. The first kappa shape index (κ1) is 21.0. The Morgan fingerprint density at radius 1 is 0.938 bits per heavy atom. The number of benzene rings is 3. The minimum atomic E-state index is -0.612. The Balaban J connectivity index is 1.62. The van der Waals surface area contributed by atoms with Gasteiger partial charge in [0.15, 0.2) is 0 Å². The fraction of sp³-hybridized carbons (Fsp3) is 0.345. The van der Waals surface area contributed by atoms with Gasteiger partial charge in [-0.25, -0.2) is 0 Å². The summed E-state index contributed by atoms with van der Waals surface area (Å²) in [6.07, 6.45) is 1.75. The molecule has 3 aromatic carbocycles. The van der Waals surface area contributed by atoms with Gasteiger partial charge in [-0.05, 0) is 41.0 Å². The summed E-state index contributed by atoms with van der Waals surface area (Å²) in [6.45, 7) is 7.42. The summed E-state index contributed by atoms with van der Waals surface area (Å²) in [7, 11) is 0. The molecule has 164 valence electrons. The summed E-state index contributed by atoms with van der Waals surface area (Å²) < 4.78 is 2.13. The van der Waals surface area contributed by atoms with Crippen molar-refractivity contribution in [3.05, 3.63) is 89.6 Å². The van der Waals surface area contributed by atoms with Crippen LogP contribution in [0.3, 0.4) is 0 Å². The molecule has 4 aromatic rings. The van der Waals surface area contributed by atoms with Gasteiger partial charge in [0.05, 0.1) is 18.3 Å². The molecule has 1 N–H and O–H groups in total. The molecule has 0 radical (unpaired) electrons. The zero-order chi connectivity index (χ0) is 22.2. The van der Waals surface area contributed by atoms with Crippen molar-refractivity contribution in [2.45, 2.75) is 58.1 Å². The van der Waals surface area contributed by atoms with Crippen molar-refractivity contribution in [2.75, 3.05) is 0 Å². The van der Waals surface area contributed by atoms with E-state index in [1.807, 2.05) is 24.3 Å². The van der Waals surface area contributed by atoms with E-state index in [-0.39, 0.29) is 0 Å². The van der Waals surface area contributed by atoms with Crippen LogP contribution in [0.4, 0.5) is 0 Å². The highest BCUT2D eigenvalue weighted by molar-refractivity contribution is 5.86. The summed E-state index contributed by atoms with van der Waals surface area (Å²) in [5.74, 6) is 1.47. The molecule has 0 bridgehead atoms. The van der Waals surface area contributed by atoms with Crippen molar-refractivity contribution in [3.63, 3.8) is 0 Å². The van der Waals surface area contributed by atoms with Crippen LogP contribution in [0.1, 0.15) is 68.4 Å². The standard InChI is InChI=1S/C29H32N2O/c1-19(2)23-17-16-20(3)27-28(22-11-5-4-6-12-22)30-31(29(23)27)18-26(32)25-15-9-13-21-10-7-8-14-24(21)25/h4-15,19-20,23,26,32H,16-18H2,1-3H3/t20-,23+,26+/m1/s1. The Morgan fingerprint density at radius 3 is 2.44 bits per heavy atom. The van der Waals surface area contributed by atoms with Crippen LogP contribution in [0, 0.1) is 5.92 Å². The zero-order valence-corrected chi connectivity index (χ0v) is 19.2. The van der Waals surface area contributed by atoms with Crippen LogP contribution < -0.4 is 0 Å². The number of aliphatic hydroxyl groups excluding tert-OH is 1. The summed E-state index contributed by atoms with van der Waals surface area (Å²) in [4.78, 5) is 0. The fourth-order valence-electron chi connectivity index (χ4n) is 5.48. The van der Waals surface area contributed by atoms with Crippen molar-refractivity contribution < 1.29 is 5.11 Å². The van der Waals surface area contributed by atoms with Gasteiger partial charge in [-0.15, -0.1) is 0 Å². The SMILES string of the molecule is CC(C)[C@@H]1CC[C@@H](C)c2c(-c3ccccc3)nn(C[C@H](O)c3cccc4ccccc34)c21. The number of rotatable bonds is 5. The number of aromatic nitrogens is 2. The van der Waals surface area contributed by atoms with Crippen molar-refractivity contribution in [2.24, 2.45) is 5.92 Å². The van der Waals surface area contributed by atoms with E-state index in [1.165, 1.54) is 29.7 Å². The first-order chi connectivity index (χ1) is 15.5. The Morgan fingerprint density at radius 2 is 1.66 bits per heavy atom. The monoisotopic (exact) mass is 424 g/mol. The summed E-state index contributed by atoms with van der Waals surface area (Å²) in [6, 6.07) is 25.0. The van der Waals surface area contributed by atoms with Gasteiger partial charge in [0.1, 0.15) is 0 Å². The summed E-state index contributed by atoms with van der Waals surface area (Å²) in [5, 5.41) is 18.8. The van der Waals surface area contributed by atoms with Crippen molar-refractivity contribution in [1.29, 1.82) is 0 Å². The second-order valence-electron chi connectivity index (χ2n) is 9.61. The third kappa shape index (κ3) is 3.65. The number of hydrogen-bond acceptors (Lipinski definition) is 2. The molecule has 3 atom stereocenters.